The third kappa shape index (κ3) is 3.13. The monoisotopic (exact) mass is 261 g/mol. The summed E-state index contributed by atoms with van der Waals surface area (Å²) in [5.41, 5.74) is 3.43. The Balaban J connectivity index is 1.94. The molecule has 19 heavy (non-hydrogen) atoms. The minimum atomic E-state index is -0.796. The molecular formula is C15H19NO3. The summed E-state index contributed by atoms with van der Waals surface area (Å²) < 4.78 is 0. The van der Waals surface area contributed by atoms with Crippen molar-refractivity contribution in [3.63, 3.8) is 0 Å². The van der Waals surface area contributed by atoms with Crippen LogP contribution in [0.3, 0.4) is 0 Å². The molecule has 2 rings (SSSR count). The first-order chi connectivity index (χ1) is 9.09. The zero-order valence-electron chi connectivity index (χ0n) is 11.2. The number of unbranched alkanes of at least 4 members (excludes halogenated alkanes) is 1. The standard InChI is InChI=1S/C15H19NO3/c1-11-5-4-6-12-9-10-16(15(11)12)13(17)7-2-3-8-14(18)19/h4-6H,2-3,7-10H2,1H3,(H,18,19). The van der Waals surface area contributed by atoms with Crippen LogP contribution in [-0.4, -0.2) is 23.5 Å². The van der Waals surface area contributed by atoms with Gasteiger partial charge in [0.2, 0.25) is 5.91 Å². The van der Waals surface area contributed by atoms with E-state index >= 15 is 0 Å². The number of carbonyl (C=O) groups is 2. The van der Waals surface area contributed by atoms with Crippen LogP contribution in [0.25, 0.3) is 0 Å². The van der Waals surface area contributed by atoms with E-state index < -0.39 is 5.97 Å². The molecular weight excluding hydrogens is 242 g/mol. The predicted octanol–water partition coefficient (Wildman–Crippen LogP) is 2.53. The lowest BCUT2D eigenvalue weighted by Crippen LogP contribution is -2.29. The summed E-state index contributed by atoms with van der Waals surface area (Å²) in [4.78, 5) is 24.4. The lowest BCUT2D eigenvalue weighted by Gasteiger charge is -2.19. The molecule has 1 N–H and O–H groups in total. The molecule has 0 unspecified atom stereocenters. The molecule has 0 aliphatic carbocycles. The second-order valence-electron chi connectivity index (χ2n) is 4.98. The number of rotatable bonds is 5. The Labute approximate surface area is 113 Å². The molecule has 0 fully saturated rings. The highest BCUT2D eigenvalue weighted by molar-refractivity contribution is 5.96. The second-order valence-corrected chi connectivity index (χ2v) is 4.98. The third-order valence-electron chi connectivity index (χ3n) is 3.53. The summed E-state index contributed by atoms with van der Waals surface area (Å²) in [7, 11) is 0. The van der Waals surface area contributed by atoms with E-state index in [2.05, 4.69) is 6.07 Å². The smallest absolute Gasteiger partial charge is 0.303 e. The van der Waals surface area contributed by atoms with E-state index in [0.717, 1.165) is 24.2 Å². The van der Waals surface area contributed by atoms with E-state index in [-0.39, 0.29) is 12.3 Å². The Bertz CT molecular complexity index is 496. The minimum absolute atomic E-state index is 0.110. The maximum atomic E-state index is 12.2. The fraction of sp³-hybridized carbons (Fsp3) is 0.467. The molecule has 0 saturated heterocycles. The number of hydrogen-bond donors (Lipinski definition) is 1. The average molecular weight is 261 g/mol. The molecule has 1 heterocycles. The van der Waals surface area contributed by atoms with Crippen LogP contribution in [-0.2, 0) is 16.0 Å². The van der Waals surface area contributed by atoms with E-state index in [1.807, 2.05) is 24.0 Å². The van der Waals surface area contributed by atoms with Crippen molar-refractivity contribution in [2.75, 3.05) is 11.4 Å². The first-order valence-corrected chi connectivity index (χ1v) is 6.70. The highest BCUT2D eigenvalue weighted by atomic mass is 16.4. The van der Waals surface area contributed by atoms with Crippen LogP contribution in [0.5, 0.6) is 0 Å². The molecule has 0 aromatic heterocycles. The molecule has 0 radical (unpaired) electrons. The maximum Gasteiger partial charge on any atom is 0.303 e. The number of para-hydroxylation sites is 1. The van der Waals surface area contributed by atoms with Crippen LogP contribution in [0, 0.1) is 6.92 Å². The van der Waals surface area contributed by atoms with Gasteiger partial charge in [0, 0.05) is 25.1 Å². The molecule has 4 heteroatoms. The summed E-state index contributed by atoms with van der Waals surface area (Å²) in [6.45, 7) is 2.77. The van der Waals surface area contributed by atoms with Gasteiger partial charge in [-0.05, 0) is 37.3 Å². The molecule has 1 aromatic rings. The SMILES string of the molecule is Cc1cccc2c1N(C(=O)CCCCC(=O)O)CC2. The molecule has 102 valence electrons. The van der Waals surface area contributed by atoms with Gasteiger partial charge in [0.05, 0.1) is 0 Å². The number of fused-ring (bicyclic) bond motifs is 1. The number of carboxylic acid groups (broad SMARTS) is 1. The van der Waals surface area contributed by atoms with Gasteiger partial charge in [-0.2, -0.15) is 0 Å². The average Bonchev–Trinajstić information content (AvgIpc) is 2.79. The van der Waals surface area contributed by atoms with Crippen LogP contribution in [0.15, 0.2) is 18.2 Å². The number of aliphatic carboxylic acids is 1. The Morgan fingerprint density at radius 1 is 1.26 bits per heavy atom. The van der Waals surface area contributed by atoms with Crippen LogP contribution in [0.2, 0.25) is 0 Å². The summed E-state index contributed by atoms with van der Waals surface area (Å²) in [6.07, 6.45) is 2.69. The van der Waals surface area contributed by atoms with Crippen LogP contribution < -0.4 is 4.90 Å². The number of carboxylic acids is 1. The zero-order chi connectivity index (χ0) is 13.8. The fourth-order valence-electron chi connectivity index (χ4n) is 2.59. The largest absolute Gasteiger partial charge is 0.481 e. The number of anilines is 1. The van der Waals surface area contributed by atoms with Crippen molar-refractivity contribution in [2.45, 2.75) is 39.0 Å². The number of aryl methyl sites for hydroxylation is 1. The van der Waals surface area contributed by atoms with Gasteiger partial charge in [-0.25, -0.2) is 0 Å². The van der Waals surface area contributed by atoms with Crippen molar-refractivity contribution in [1.82, 2.24) is 0 Å². The second kappa shape index (κ2) is 5.87. The topological polar surface area (TPSA) is 57.6 Å². The Kier molecular flexibility index (Phi) is 4.20. The Morgan fingerprint density at radius 3 is 2.74 bits per heavy atom. The molecule has 1 aliphatic rings. The van der Waals surface area contributed by atoms with E-state index in [1.54, 1.807) is 0 Å². The van der Waals surface area contributed by atoms with Gasteiger partial charge in [0.1, 0.15) is 0 Å². The first-order valence-electron chi connectivity index (χ1n) is 6.70. The van der Waals surface area contributed by atoms with Crippen molar-refractivity contribution in [2.24, 2.45) is 0 Å². The quantitative estimate of drug-likeness (QED) is 0.829. The molecule has 0 saturated carbocycles. The van der Waals surface area contributed by atoms with Crippen LogP contribution in [0.1, 0.15) is 36.8 Å². The lowest BCUT2D eigenvalue weighted by molar-refractivity contribution is -0.137. The van der Waals surface area contributed by atoms with Gasteiger partial charge in [0.15, 0.2) is 0 Å². The van der Waals surface area contributed by atoms with E-state index in [1.165, 1.54) is 5.56 Å². The van der Waals surface area contributed by atoms with E-state index in [4.69, 9.17) is 5.11 Å². The van der Waals surface area contributed by atoms with Gasteiger partial charge in [-0.3, -0.25) is 9.59 Å². The molecule has 1 aromatic carbocycles. The minimum Gasteiger partial charge on any atom is -0.481 e. The van der Waals surface area contributed by atoms with Gasteiger partial charge >= 0.3 is 5.97 Å². The number of benzene rings is 1. The third-order valence-corrected chi connectivity index (χ3v) is 3.53. The number of carbonyl (C=O) groups excluding carboxylic acids is 1. The molecule has 4 nitrogen and oxygen atoms in total. The lowest BCUT2D eigenvalue weighted by atomic mass is 10.1. The van der Waals surface area contributed by atoms with Crippen LogP contribution in [0.4, 0.5) is 5.69 Å². The van der Waals surface area contributed by atoms with Crippen molar-refractivity contribution in [1.29, 1.82) is 0 Å². The van der Waals surface area contributed by atoms with Crippen LogP contribution >= 0.6 is 0 Å². The number of nitrogens with zero attached hydrogens (tertiary/aromatic N) is 1. The normalized spacial score (nSPS) is 13.4. The number of amides is 1. The van der Waals surface area contributed by atoms with Crippen molar-refractivity contribution in [3.05, 3.63) is 29.3 Å². The summed E-state index contributed by atoms with van der Waals surface area (Å²) in [6, 6.07) is 6.11. The summed E-state index contributed by atoms with van der Waals surface area (Å²) in [5.74, 6) is -0.687. The molecule has 0 bridgehead atoms. The molecule has 1 aliphatic heterocycles. The fourth-order valence-corrected chi connectivity index (χ4v) is 2.59. The first kappa shape index (κ1) is 13.6. The van der Waals surface area contributed by atoms with Gasteiger partial charge in [0.25, 0.3) is 0 Å². The molecule has 0 atom stereocenters. The van der Waals surface area contributed by atoms with Gasteiger partial charge < -0.3 is 10.0 Å². The molecule has 0 spiro atoms. The molecule has 1 amide bonds. The van der Waals surface area contributed by atoms with Gasteiger partial charge in [-0.15, -0.1) is 0 Å². The summed E-state index contributed by atoms with van der Waals surface area (Å²) >= 11 is 0. The Hall–Kier alpha value is -1.84. The van der Waals surface area contributed by atoms with E-state index in [0.29, 0.717) is 19.3 Å². The maximum absolute atomic E-state index is 12.2. The highest BCUT2D eigenvalue weighted by Gasteiger charge is 2.25. The number of hydrogen-bond acceptors (Lipinski definition) is 2. The van der Waals surface area contributed by atoms with Crippen molar-refractivity contribution in [3.8, 4) is 0 Å². The van der Waals surface area contributed by atoms with Crippen molar-refractivity contribution < 1.29 is 14.7 Å². The zero-order valence-corrected chi connectivity index (χ0v) is 11.2. The highest BCUT2D eigenvalue weighted by Crippen LogP contribution is 2.31. The summed E-state index contributed by atoms with van der Waals surface area (Å²) in [5, 5.41) is 8.56. The predicted molar refractivity (Wildman–Crippen MR) is 73.3 cm³/mol. The van der Waals surface area contributed by atoms with Crippen molar-refractivity contribution >= 4 is 17.6 Å². The van der Waals surface area contributed by atoms with E-state index in [9.17, 15) is 9.59 Å². The Morgan fingerprint density at radius 2 is 2.00 bits per heavy atom. The van der Waals surface area contributed by atoms with Gasteiger partial charge in [-0.1, -0.05) is 18.2 Å².